The van der Waals surface area contributed by atoms with Crippen molar-refractivity contribution in [1.82, 2.24) is 9.97 Å². The maximum Gasteiger partial charge on any atom is 0.416 e. The Kier molecular flexibility index (Phi) is 6.25. The Labute approximate surface area is 208 Å². The quantitative estimate of drug-likeness (QED) is 0.325. The molecular weight excluding hydrogens is 459 g/mol. The second kappa shape index (κ2) is 9.65. The first-order valence-electron chi connectivity index (χ1n) is 11.6. The summed E-state index contributed by atoms with van der Waals surface area (Å²) in [6.07, 6.45) is 1.07. The van der Waals surface area contributed by atoms with E-state index in [0.29, 0.717) is 11.8 Å². The predicted octanol–water partition coefficient (Wildman–Crippen LogP) is 6.45. The molecule has 5 rings (SSSR count). The lowest BCUT2D eigenvalue weighted by atomic mass is 9.92. The van der Waals surface area contributed by atoms with E-state index in [1.165, 1.54) is 17.0 Å². The molecule has 0 bridgehead atoms. The number of halogens is 1. The molecule has 1 amide bonds. The van der Waals surface area contributed by atoms with Crippen LogP contribution in [0, 0.1) is 5.82 Å². The lowest BCUT2D eigenvalue weighted by molar-refractivity contribution is 0.174. The van der Waals surface area contributed by atoms with Gasteiger partial charge in [-0.15, -0.1) is 0 Å². The van der Waals surface area contributed by atoms with E-state index in [-0.39, 0.29) is 18.5 Å². The van der Waals surface area contributed by atoms with Crippen molar-refractivity contribution in [3.63, 3.8) is 0 Å². The second-order valence-electron chi connectivity index (χ2n) is 8.76. The highest BCUT2D eigenvalue weighted by Gasteiger charge is 2.47. The van der Waals surface area contributed by atoms with Gasteiger partial charge in [0.15, 0.2) is 0 Å². The molecule has 1 fully saturated rings. The molecule has 0 aliphatic carbocycles. The lowest BCUT2D eigenvalue weighted by Crippen LogP contribution is -2.43. The van der Waals surface area contributed by atoms with Crippen LogP contribution in [0.2, 0.25) is 0 Å². The van der Waals surface area contributed by atoms with Gasteiger partial charge >= 0.3 is 6.09 Å². The highest BCUT2D eigenvalue weighted by atomic mass is 19.1. The summed E-state index contributed by atoms with van der Waals surface area (Å²) in [5.74, 6) is 1.92. The van der Waals surface area contributed by atoms with Crippen LogP contribution in [0.15, 0.2) is 91.1 Å². The topological polar surface area (TPSA) is 76.6 Å². The molecule has 1 saturated heterocycles. The number of hydrogen-bond donors (Lipinski definition) is 1. The zero-order valence-electron chi connectivity index (χ0n) is 19.9. The van der Waals surface area contributed by atoms with Crippen LogP contribution in [0.1, 0.15) is 31.0 Å². The van der Waals surface area contributed by atoms with Crippen LogP contribution >= 0.6 is 0 Å². The summed E-state index contributed by atoms with van der Waals surface area (Å²) in [5, 5.41) is 3.29. The van der Waals surface area contributed by atoms with Crippen molar-refractivity contribution in [2.75, 3.05) is 16.8 Å². The first kappa shape index (κ1) is 23.3. The maximum absolute atomic E-state index is 13.5. The van der Waals surface area contributed by atoms with Crippen molar-refractivity contribution in [3.8, 4) is 11.5 Å². The summed E-state index contributed by atoms with van der Waals surface area (Å²) in [4.78, 5) is 23.1. The Morgan fingerprint density at radius 2 is 1.69 bits per heavy atom. The lowest BCUT2D eigenvalue weighted by Gasteiger charge is -2.31. The van der Waals surface area contributed by atoms with Gasteiger partial charge in [0, 0.05) is 6.20 Å². The number of carbonyl (C=O) groups is 1. The van der Waals surface area contributed by atoms with E-state index >= 15 is 0 Å². The molecule has 0 radical (unpaired) electrons. The standard InChI is InChI=1S/C28H25FN4O3/c1-19(20-8-14-24(15-9-20)36-23-6-4-3-5-7-23)31-26-30-17-16-25(32-26)33-27(34)35-18-28(33,2)21-10-12-22(29)13-11-21/h3-17,19H,18H2,1-2H3,(H,30,31,32). The number of anilines is 2. The second-order valence-corrected chi connectivity index (χ2v) is 8.76. The number of nitrogens with zero attached hydrogens (tertiary/aromatic N) is 3. The Balaban J connectivity index is 1.32. The van der Waals surface area contributed by atoms with E-state index in [9.17, 15) is 9.18 Å². The van der Waals surface area contributed by atoms with Gasteiger partial charge in [-0.1, -0.05) is 42.5 Å². The normalized spacial score (nSPS) is 18.0. The van der Waals surface area contributed by atoms with Crippen LogP contribution < -0.4 is 15.0 Å². The number of hydrogen-bond acceptors (Lipinski definition) is 6. The predicted molar refractivity (Wildman–Crippen MR) is 135 cm³/mol. The van der Waals surface area contributed by atoms with Gasteiger partial charge in [0.05, 0.1) is 6.04 Å². The smallest absolute Gasteiger partial charge is 0.416 e. The molecule has 0 spiro atoms. The van der Waals surface area contributed by atoms with Gasteiger partial charge in [-0.3, -0.25) is 0 Å². The summed E-state index contributed by atoms with van der Waals surface area (Å²) in [7, 11) is 0. The molecule has 1 aliphatic heterocycles. The molecule has 1 aliphatic rings. The van der Waals surface area contributed by atoms with Gasteiger partial charge in [0.25, 0.3) is 0 Å². The van der Waals surface area contributed by atoms with E-state index in [4.69, 9.17) is 9.47 Å². The molecule has 2 atom stereocenters. The number of aromatic nitrogens is 2. The number of benzene rings is 3. The van der Waals surface area contributed by atoms with Gasteiger partial charge < -0.3 is 14.8 Å². The molecule has 1 N–H and O–H groups in total. The molecule has 8 heteroatoms. The number of rotatable bonds is 7. The van der Waals surface area contributed by atoms with Crippen LogP contribution in [0.25, 0.3) is 0 Å². The van der Waals surface area contributed by atoms with Crippen LogP contribution in [0.3, 0.4) is 0 Å². The van der Waals surface area contributed by atoms with Crippen molar-refractivity contribution in [2.45, 2.75) is 25.4 Å². The third kappa shape index (κ3) is 4.70. The zero-order valence-corrected chi connectivity index (χ0v) is 19.9. The van der Waals surface area contributed by atoms with Crippen molar-refractivity contribution in [2.24, 2.45) is 0 Å². The van der Waals surface area contributed by atoms with E-state index < -0.39 is 11.6 Å². The summed E-state index contributed by atoms with van der Waals surface area (Å²) < 4.78 is 24.7. The SMILES string of the molecule is CC(Nc1nccc(N2C(=O)OCC2(C)c2ccc(F)cc2)n1)c1ccc(Oc2ccccc2)cc1. The first-order valence-corrected chi connectivity index (χ1v) is 11.6. The summed E-state index contributed by atoms with van der Waals surface area (Å²) in [6, 6.07) is 24.9. The zero-order chi connectivity index (χ0) is 25.1. The molecule has 2 heterocycles. The van der Waals surface area contributed by atoms with E-state index in [1.54, 1.807) is 24.4 Å². The van der Waals surface area contributed by atoms with Crippen LogP contribution in [-0.2, 0) is 10.3 Å². The third-order valence-electron chi connectivity index (χ3n) is 6.19. The molecule has 1 aromatic heterocycles. The Morgan fingerprint density at radius 1 is 1.00 bits per heavy atom. The molecule has 7 nitrogen and oxygen atoms in total. The van der Waals surface area contributed by atoms with E-state index in [2.05, 4.69) is 15.3 Å². The first-order chi connectivity index (χ1) is 17.4. The van der Waals surface area contributed by atoms with Crippen LogP contribution in [0.5, 0.6) is 11.5 Å². The number of nitrogens with one attached hydrogen (secondary N) is 1. The fourth-order valence-electron chi connectivity index (χ4n) is 4.17. The minimum atomic E-state index is -0.837. The minimum absolute atomic E-state index is 0.111. The highest BCUT2D eigenvalue weighted by Crippen LogP contribution is 2.38. The number of carbonyl (C=O) groups excluding carboxylic acids is 1. The molecule has 182 valence electrons. The summed E-state index contributed by atoms with van der Waals surface area (Å²) in [5.41, 5.74) is 0.923. The molecule has 0 saturated carbocycles. The third-order valence-corrected chi connectivity index (χ3v) is 6.19. The minimum Gasteiger partial charge on any atom is -0.457 e. The Hall–Kier alpha value is -4.46. The van der Waals surface area contributed by atoms with Crippen LogP contribution in [0.4, 0.5) is 21.0 Å². The van der Waals surface area contributed by atoms with Gasteiger partial charge in [-0.25, -0.2) is 19.1 Å². The Bertz CT molecular complexity index is 1350. The van der Waals surface area contributed by atoms with Gasteiger partial charge in [-0.2, -0.15) is 4.98 Å². The number of amides is 1. The van der Waals surface area contributed by atoms with Gasteiger partial charge in [0.1, 0.15) is 35.3 Å². The fraction of sp³-hybridized carbons (Fsp3) is 0.179. The largest absolute Gasteiger partial charge is 0.457 e. The Morgan fingerprint density at radius 3 is 2.42 bits per heavy atom. The molecule has 4 aromatic rings. The van der Waals surface area contributed by atoms with Crippen molar-refractivity contribution < 1.29 is 18.7 Å². The van der Waals surface area contributed by atoms with Crippen LogP contribution in [-0.4, -0.2) is 22.7 Å². The molecule has 3 aromatic carbocycles. The van der Waals surface area contributed by atoms with Gasteiger partial charge in [-0.05, 0) is 67.4 Å². The highest BCUT2D eigenvalue weighted by molar-refractivity contribution is 5.90. The average molecular weight is 485 g/mol. The molecule has 2 unspecified atom stereocenters. The van der Waals surface area contributed by atoms with E-state index in [1.807, 2.05) is 68.4 Å². The van der Waals surface area contributed by atoms with E-state index in [0.717, 1.165) is 22.6 Å². The number of cyclic esters (lactones) is 1. The van der Waals surface area contributed by atoms with Crippen molar-refractivity contribution in [1.29, 1.82) is 0 Å². The van der Waals surface area contributed by atoms with Gasteiger partial charge in [0.2, 0.25) is 5.95 Å². The number of para-hydroxylation sites is 1. The summed E-state index contributed by atoms with van der Waals surface area (Å²) in [6.45, 7) is 3.98. The summed E-state index contributed by atoms with van der Waals surface area (Å²) >= 11 is 0. The molecule has 36 heavy (non-hydrogen) atoms. The van der Waals surface area contributed by atoms with Crippen molar-refractivity contribution >= 4 is 17.9 Å². The molecular formula is C28H25FN4O3. The fourth-order valence-corrected chi connectivity index (χ4v) is 4.17. The average Bonchev–Trinajstić information content (AvgIpc) is 3.20. The number of ether oxygens (including phenoxy) is 2. The van der Waals surface area contributed by atoms with Crippen molar-refractivity contribution in [3.05, 3.63) is 108 Å². The maximum atomic E-state index is 13.5. The monoisotopic (exact) mass is 484 g/mol.